The summed E-state index contributed by atoms with van der Waals surface area (Å²) >= 11 is 6.35. The molecule has 1 fully saturated rings. The lowest BCUT2D eigenvalue weighted by molar-refractivity contribution is -0.153. The van der Waals surface area contributed by atoms with Crippen molar-refractivity contribution in [1.29, 1.82) is 0 Å². The maximum atomic E-state index is 12.8. The van der Waals surface area contributed by atoms with Gasteiger partial charge < -0.3 is 9.84 Å². The van der Waals surface area contributed by atoms with E-state index in [1.807, 2.05) is 24.3 Å². The van der Waals surface area contributed by atoms with Gasteiger partial charge in [0, 0.05) is 5.56 Å². The number of carboxylic acids is 1. The third-order valence-electron chi connectivity index (χ3n) is 5.63. The molecule has 0 spiro atoms. The first-order valence-electron chi connectivity index (χ1n) is 9.84. The van der Waals surface area contributed by atoms with Gasteiger partial charge in [-0.25, -0.2) is 0 Å². The van der Waals surface area contributed by atoms with Gasteiger partial charge in [0.05, 0.1) is 10.9 Å². The number of hydrogen-bond donors (Lipinski definition) is 1. The molecule has 0 radical (unpaired) electrons. The third-order valence-corrected chi connectivity index (χ3v) is 5.91. The summed E-state index contributed by atoms with van der Waals surface area (Å²) in [6.45, 7) is 4.34. The molecule has 2 aromatic carbocycles. The average Bonchev–Trinajstić information content (AvgIpc) is 3.45. The van der Waals surface area contributed by atoms with Crippen molar-refractivity contribution in [3.8, 4) is 16.9 Å². The smallest absolute Gasteiger partial charge is 0.422 e. The second kappa shape index (κ2) is 8.50. The molecule has 0 bridgehead atoms. The van der Waals surface area contributed by atoms with Gasteiger partial charge in [-0.05, 0) is 53.0 Å². The van der Waals surface area contributed by atoms with Crippen molar-refractivity contribution in [1.82, 2.24) is 0 Å². The Morgan fingerprint density at radius 1 is 1.20 bits per heavy atom. The van der Waals surface area contributed by atoms with Crippen LogP contribution in [0.25, 0.3) is 11.1 Å². The van der Waals surface area contributed by atoms with Crippen LogP contribution in [0.15, 0.2) is 36.4 Å². The largest absolute Gasteiger partial charge is 0.482 e. The molecule has 0 amide bonds. The first-order valence-corrected chi connectivity index (χ1v) is 10.2. The van der Waals surface area contributed by atoms with Gasteiger partial charge in [-0.3, -0.25) is 4.79 Å². The summed E-state index contributed by atoms with van der Waals surface area (Å²) in [4.78, 5) is 11.3. The Morgan fingerprint density at radius 3 is 2.37 bits per heavy atom. The quantitative estimate of drug-likeness (QED) is 0.509. The molecule has 0 aromatic heterocycles. The van der Waals surface area contributed by atoms with E-state index in [2.05, 4.69) is 13.8 Å². The lowest BCUT2D eigenvalue weighted by atomic mass is 9.95. The van der Waals surface area contributed by atoms with Crippen LogP contribution in [0.2, 0.25) is 5.02 Å². The van der Waals surface area contributed by atoms with Crippen molar-refractivity contribution in [3.05, 3.63) is 52.5 Å². The second-order valence-electron chi connectivity index (χ2n) is 8.19. The topological polar surface area (TPSA) is 46.5 Å². The van der Waals surface area contributed by atoms with Crippen LogP contribution < -0.4 is 4.74 Å². The van der Waals surface area contributed by atoms with E-state index < -0.39 is 24.7 Å². The molecular formula is C23H24ClF3O3. The zero-order valence-corrected chi connectivity index (χ0v) is 17.7. The van der Waals surface area contributed by atoms with Crippen LogP contribution >= 0.6 is 11.6 Å². The highest BCUT2D eigenvalue weighted by Gasteiger charge is 2.45. The first-order chi connectivity index (χ1) is 14.0. The van der Waals surface area contributed by atoms with Crippen molar-refractivity contribution in [2.75, 3.05) is 6.61 Å². The highest BCUT2D eigenvalue weighted by molar-refractivity contribution is 6.32. The lowest BCUT2D eigenvalue weighted by Crippen LogP contribution is -2.19. The van der Waals surface area contributed by atoms with E-state index in [9.17, 15) is 23.1 Å². The Kier molecular flexibility index (Phi) is 6.37. The molecule has 1 saturated carbocycles. The van der Waals surface area contributed by atoms with E-state index in [0.717, 1.165) is 11.1 Å². The Labute approximate surface area is 178 Å². The molecule has 7 heteroatoms. The average molecular weight is 441 g/mol. The highest BCUT2D eigenvalue weighted by atomic mass is 35.5. The lowest BCUT2D eigenvalue weighted by Gasteiger charge is -2.17. The van der Waals surface area contributed by atoms with Crippen LogP contribution in [0, 0.1) is 11.8 Å². The Balaban J connectivity index is 2.00. The van der Waals surface area contributed by atoms with Crippen molar-refractivity contribution in [2.24, 2.45) is 11.8 Å². The molecule has 1 N–H and O–H groups in total. The van der Waals surface area contributed by atoms with Gasteiger partial charge in [0.15, 0.2) is 6.61 Å². The van der Waals surface area contributed by atoms with Crippen LogP contribution in [-0.4, -0.2) is 23.9 Å². The molecule has 30 heavy (non-hydrogen) atoms. The molecule has 0 aliphatic heterocycles. The zero-order valence-electron chi connectivity index (χ0n) is 17.0. The number of hydrogen-bond acceptors (Lipinski definition) is 2. The molecule has 1 aliphatic carbocycles. The Hall–Kier alpha value is -2.21. The number of alkyl halides is 3. The van der Waals surface area contributed by atoms with E-state index >= 15 is 0 Å². The van der Waals surface area contributed by atoms with E-state index in [0.29, 0.717) is 23.5 Å². The normalized spacial score (nSPS) is 19.6. The minimum absolute atomic E-state index is 0.0129. The summed E-state index contributed by atoms with van der Waals surface area (Å²) in [6, 6.07) is 10.9. The van der Waals surface area contributed by atoms with E-state index in [-0.39, 0.29) is 22.6 Å². The number of benzene rings is 2. The number of ether oxygens (including phenoxy) is 1. The molecule has 3 rings (SSSR count). The monoisotopic (exact) mass is 440 g/mol. The molecule has 0 saturated heterocycles. The summed E-state index contributed by atoms with van der Waals surface area (Å²) in [5.74, 6) is -1.05. The van der Waals surface area contributed by atoms with Gasteiger partial charge in [-0.15, -0.1) is 0 Å². The fourth-order valence-electron chi connectivity index (χ4n) is 3.72. The fourth-order valence-corrected chi connectivity index (χ4v) is 4.01. The predicted molar refractivity (Wildman–Crippen MR) is 110 cm³/mol. The number of carbonyl (C=O) groups is 1. The molecule has 3 nitrogen and oxygen atoms in total. The van der Waals surface area contributed by atoms with E-state index in [1.165, 1.54) is 0 Å². The first kappa shape index (κ1) is 22.5. The number of halogens is 4. The van der Waals surface area contributed by atoms with Gasteiger partial charge in [-0.1, -0.05) is 56.6 Å². The van der Waals surface area contributed by atoms with Crippen molar-refractivity contribution < 1.29 is 27.8 Å². The van der Waals surface area contributed by atoms with Crippen molar-refractivity contribution in [2.45, 2.75) is 45.2 Å². The van der Waals surface area contributed by atoms with Crippen LogP contribution in [0.4, 0.5) is 13.2 Å². The van der Waals surface area contributed by atoms with Crippen LogP contribution in [0.3, 0.4) is 0 Å². The highest BCUT2D eigenvalue weighted by Crippen LogP contribution is 2.54. The van der Waals surface area contributed by atoms with Gasteiger partial charge >= 0.3 is 12.1 Å². The SMILES string of the molecule is CC(C)c1ccc(-c2cc(C3CC3C(C)C(=O)O)cc(Cl)c2OCC(F)(F)F)cc1. The van der Waals surface area contributed by atoms with E-state index in [1.54, 1.807) is 19.1 Å². The standard InChI is InChI=1S/C23H24ClF3O3/c1-12(2)14-4-6-15(7-5-14)19-8-16(18-10-17(18)13(3)22(28)29)9-20(24)21(19)30-11-23(25,26)27/h4-9,12-13,17-18H,10-11H2,1-3H3,(H,28,29). The molecule has 0 heterocycles. The summed E-state index contributed by atoms with van der Waals surface area (Å²) in [7, 11) is 0. The molecule has 1 aliphatic rings. The Bertz CT molecular complexity index is 923. The maximum Gasteiger partial charge on any atom is 0.422 e. The number of carboxylic acid groups (broad SMARTS) is 1. The molecule has 3 atom stereocenters. The van der Waals surface area contributed by atoms with Gasteiger partial charge in [0.25, 0.3) is 0 Å². The summed E-state index contributed by atoms with van der Waals surface area (Å²) in [5, 5.41) is 9.34. The minimum atomic E-state index is -4.49. The zero-order chi connectivity index (χ0) is 22.2. The predicted octanol–water partition coefficient (Wildman–Crippen LogP) is 6.90. The van der Waals surface area contributed by atoms with Crippen LogP contribution in [-0.2, 0) is 4.79 Å². The van der Waals surface area contributed by atoms with Crippen LogP contribution in [0.1, 0.15) is 50.2 Å². The molecule has 2 aromatic rings. The Morgan fingerprint density at radius 2 is 1.83 bits per heavy atom. The van der Waals surface area contributed by atoms with Crippen LogP contribution in [0.5, 0.6) is 5.75 Å². The summed E-state index contributed by atoms with van der Waals surface area (Å²) in [6.07, 6.45) is -3.78. The molecule has 3 unspecified atom stereocenters. The van der Waals surface area contributed by atoms with Crippen molar-refractivity contribution in [3.63, 3.8) is 0 Å². The molecule has 162 valence electrons. The van der Waals surface area contributed by atoms with Gasteiger partial charge in [0.2, 0.25) is 0 Å². The summed E-state index contributed by atoms with van der Waals surface area (Å²) < 4.78 is 43.4. The van der Waals surface area contributed by atoms with Gasteiger partial charge in [0.1, 0.15) is 5.75 Å². The van der Waals surface area contributed by atoms with E-state index in [4.69, 9.17) is 16.3 Å². The maximum absolute atomic E-state index is 12.8. The second-order valence-corrected chi connectivity index (χ2v) is 8.60. The number of rotatable bonds is 7. The van der Waals surface area contributed by atoms with Gasteiger partial charge in [-0.2, -0.15) is 13.2 Å². The summed E-state index contributed by atoms with van der Waals surface area (Å²) in [5.41, 5.74) is 3.10. The van der Waals surface area contributed by atoms with Crippen molar-refractivity contribution >= 4 is 17.6 Å². The molecular weight excluding hydrogens is 417 g/mol. The fraction of sp³-hybridized carbons (Fsp3) is 0.435. The minimum Gasteiger partial charge on any atom is -0.482 e. The third kappa shape index (κ3) is 5.09. The number of aliphatic carboxylic acids is 1.